The molecule has 0 saturated heterocycles. The van der Waals surface area contributed by atoms with Gasteiger partial charge in [-0.3, -0.25) is 9.10 Å². The van der Waals surface area contributed by atoms with E-state index in [4.69, 9.17) is 4.74 Å². The normalized spacial score (nSPS) is 12.3. The number of carbonyl (C=O) groups excluding carboxylic acids is 1. The number of benzene rings is 2. The van der Waals surface area contributed by atoms with E-state index in [1.165, 1.54) is 7.11 Å². The fraction of sp³-hybridized carbons (Fsp3) is 0.278. The standard InChI is InChI=1S/C18H21IN2O4S/c1-12-11-14(19)5-10-17(12)20-18(22)13(2)21(26(4,23)24)15-6-8-16(25-3)9-7-15/h5-11,13H,1-4H3,(H,20,22)/t13-/m1/s1. The van der Waals surface area contributed by atoms with Crippen LogP contribution in [0.1, 0.15) is 12.5 Å². The Balaban J connectivity index is 2.30. The van der Waals surface area contributed by atoms with Gasteiger partial charge in [0.1, 0.15) is 11.8 Å². The zero-order chi connectivity index (χ0) is 19.5. The predicted molar refractivity (Wildman–Crippen MR) is 112 cm³/mol. The predicted octanol–water partition coefficient (Wildman–Crippen LogP) is 3.40. The molecule has 2 aromatic rings. The van der Waals surface area contributed by atoms with Crippen molar-refractivity contribution in [2.75, 3.05) is 23.0 Å². The van der Waals surface area contributed by atoms with Crippen LogP contribution in [0.25, 0.3) is 0 Å². The van der Waals surface area contributed by atoms with E-state index < -0.39 is 22.0 Å². The highest BCUT2D eigenvalue weighted by Crippen LogP contribution is 2.25. The van der Waals surface area contributed by atoms with E-state index in [1.54, 1.807) is 37.3 Å². The lowest BCUT2D eigenvalue weighted by atomic mass is 10.2. The molecule has 6 nitrogen and oxygen atoms in total. The van der Waals surface area contributed by atoms with Crippen LogP contribution in [0.5, 0.6) is 5.75 Å². The fourth-order valence-corrected chi connectivity index (χ4v) is 4.36. The van der Waals surface area contributed by atoms with E-state index in [0.717, 1.165) is 19.7 Å². The highest BCUT2D eigenvalue weighted by atomic mass is 127. The van der Waals surface area contributed by atoms with E-state index in [1.807, 2.05) is 19.1 Å². The van der Waals surface area contributed by atoms with Gasteiger partial charge in [0.2, 0.25) is 15.9 Å². The first-order valence-electron chi connectivity index (χ1n) is 7.84. The molecular formula is C18H21IN2O4S. The molecule has 140 valence electrons. The zero-order valence-corrected chi connectivity index (χ0v) is 18.0. The first-order valence-corrected chi connectivity index (χ1v) is 10.8. The summed E-state index contributed by atoms with van der Waals surface area (Å²) in [6.07, 6.45) is 1.08. The van der Waals surface area contributed by atoms with Gasteiger partial charge in [0.05, 0.1) is 19.1 Å². The number of sulfonamides is 1. The molecule has 8 heteroatoms. The van der Waals surface area contributed by atoms with E-state index in [0.29, 0.717) is 17.1 Å². The second-order valence-corrected chi connectivity index (χ2v) is 8.99. The highest BCUT2D eigenvalue weighted by molar-refractivity contribution is 14.1. The quantitative estimate of drug-likeness (QED) is 0.633. The van der Waals surface area contributed by atoms with Gasteiger partial charge in [0.15, 0.2) is 0 Å². The minimum Gasteiger partial charge on any atom is -0.497 e. The second kappa shape index (κ2) is 8.26. The van der Waals surface area contributed by atoms with E-state index >= 15 is 0 Å². The third kappa shape index (κ3) is 4.88. The Bertz CT molecular complexity index is 898. The van der Waals surface area contributed by atoms with Crippen LogP contribution in [0.3, 0.4) is 0 Å². The lowest BCUT2D eigenvalue weighted by Crippen LogP contribution is -2.45. The molecule has 0 aliphatic rings. The molecule has 2 rings (SSSR count). The molecule has 0 heterocycles. The SMILES string of the molecule is COc1ccc(N([C@H](C)C(=O)Nc2ccc(I)cc2C)S(C)(=O)=O)cc1. The molecule has 0 bridgehead atoms. The smallest absolute Gasteiger partial charge is 0.248 e. The van der Waals surface area contributed by atoms with Crippen molar-refractivity contribution in [3.05, 3.63) is 51.6 Å². The minimum absolute atomic E-state index is 0.398. The molecular weight excluding hydrogens is 467 g/mol. The number of rotatable bonds is 6. The summed E-state index contributed by atoms with van der Waals surface area (Å²) in [5.41, 5.74) is 1.97. The number of anilines is 2. The van der Waals surface area contributed by atoms with Crippen molar-refractivity contribution in [1.29, 1.82) is 0 Å². The molecule has 1 atom stereocenters. The lowest BCUT2D eigenvalue weighted by Gasteiger charge is -2.28. The van der Waals surface area contributed by atoms with E-state index in [-0.39, 0.29) is 0 Å². The van der Waals surface area contributed by atoms with Gasteiger partial charge < -0.3 is 10.1 Å². The third-order valence-corrected chi connectivity index (χ3v) is 5.77. The molecule has 1 amide bonds. The van der Waals surface area contributed by atoms with Gasteiger partial charge in [-0.25, -0.2) is 8.42 Å². The summed E-state index contributed by atoms with van der Waals surface area (Å²) < 4.78 is 31.9. The van der Waals surface area contributed by atoms with E-state index in [2.05, 4.69) is 27.9 Å². The van der Waals surface area contributed by atoms with Crippen molar-refractivity contribution < 1.29 is 17.9 Å². The number of amides is 1. The molecule has 0 spiro atoms. The number of carbonyl (C=O) groups is 1. The summed E-state index contributed by atoms with van der Waals surface area (Å²) in [4.78, 5) is 12.7. The van der Waals surface area contributed by atoms with Crippen LogP contribution < -0.4 is 14.4 Å². The lowest BCUT2D eigenvalue weighted by molar-refractivity contribution is -0.116. The summed E-state index contributed by atoms with van der Waals surface area (Å²) in [5.74, 6) is 0.198. The first-order chi connectivity index (χ1) is 12.1. The van der Waals surface area contributed by atoms with Crippen molar-refractivity contribution in [3.8, 4) is 5.75 Å². The van der Waals surface area contributed by atoms with Crippen molar-refractivity contribution in [1.82, 2.24) is 0 Å². The number of halogens is 1. The van der Waals surface area contributed by atoms with Crippen LogP contribution in [-0.2, 0) is 14.8 Å². The Morgan fingerprint density at radius 2 is 1.81 bits per heavy atom. The van der Waals surface area contributed by atoms with Gasteiger partial charge in [0, 0.05) is 9.26 Å². The summed E-state index contributed by atoms with van der Waals surface area (Å²) in [5, 5.41) is 2.81. The molecule has 0 aliphatic heterocycles. The number of aryl methyl sites for hydroxylation is 1. The molecule has 0 aromatic heterocycles. The molecule has 1 N–H and O–H groups in total. The van der Waals surface area contributed by atoms with Crippen molar-refractivity contribution in [3.63, 3.8) is 0 Å². The average molecular weight is 488 g/mol. The Labute approximate surface area is 167 Å². The van der Waals surface area contributed by atoms with Crippen molar-refractivity contribution in [2.24, 2.45) is 0 Å². The van der Waals surface area contributed by atoms with Crippen LogP contribution in [0.2, 0.25) is 0 Å². The number of hydrogen-bond acceptors (Lipinski definition) is 4. The Morgan fingerprint density at radius 1 is 1.19 bits per heavy atom. The van der Waals surface area contributed by atoms with Crippen LogP contribution >= 0.6 is 22.6 Å². The molecule has 0 saturated carbocycles. The fourth-order valence-electron chi connectivity index (χ4n) is 2.54. The summed E-state index contributed by atoms with van der Waals surface area (Å²) in [6.45, 7) is 3.45. The molecule has 2 aromatic carbocycles. The largest absolute Gasteiger partial charge is 0.497 e. The average Bonchev–Trinajstić information content (AvgIpc) is 2.56. The van der Waals surface area contributed by atoms with Gasteiger partial charge in [-0.05, 0) is 84.5 Å². The third-order valence-electron chi connectivity index (χ3n) is 3.86. The zero-order valence-electron chi connectivity index (χ0n) is 15.0. The topological polar surface area (TPSA) is 75.7 Å². The van der Waals surface area contributed by atoms with Gasteiger partial charge in [-0.15, -0.1) is 0 Å². The molecule has 0 radical (unpaired) electrons. The summed E-state index contributed by atoms with van der Waals surface area (Å²) >= 11 is 2.19. The number of nitrogens with one attached hydrogen (secondary N) is 1. The van der Waals surface area contributed by atoms with Crippen molar-refractivity contribution in [2.45, 2.75) is 19.9 Å². The number of nitrogens with zero attached hydrogens (tertiary/aromatic N) is 1. The van der Waals surface area contributed by atoms with Gasteiger partial charge in [-0.2, -0.15) is 0 Å². The van der Waals surface area contributed by atoms with Gasteiger partial charge in [0.25, 0.3) is 0 Å². The maximum absolute atomic E-state index is 12.7. The second-order valence-electron chi connectivity index (χ2n) is 5.88. The van der Waals surface area contributed by atoms with Crippen LogP contribution in [0.4, 0.5) is 11.4 Å². The van der Waals surface area contributed by atoms with Gasteiger partial charge in [-0.1, -0.05) is 0 Å². The van der Waals surface area contributed by atoms with E-state index in [9.17, 15) is 13.2 Å². The van der Waals surface area contributed by atoms with Crippen LogP contribution in [0, 0.1) is 10.5 Å². The number of ether oxygens (including phenoxy) is 1. The number of hydrogen-bond donors (Lipinski definition) is 1. The Morgan fingerprint density at radius 3 is 2.31 bits per heavy atom. The van der Waals surface area contributed by atoms with Gasteiger partial charge >= 0.3 is 0 Å². The molecule has 0 unspecified atom stereocenters. The summed E-state index contributed by atoms with van der Waals surface area (Å²) in [7, 11) is -2.13. The maximum Gasteiger partial charge on any atom is 0.248 e. The maximum atomic E-state index is 12.7. The van der Waals surface area contributed by atoms with Crippen LogP contribution in [0.15, 0.2) is 42.5 Å². The monoisotopic (exact) mass is 488 g/mol. The molecule has 26 heavy (non-hydrogen) atoms. The Hall–Kier alpha value is -1.81. The highest BCUT2D eigenvalue weighted by Gasteiger charge is 2.29. The minimum atomic E-state index is -3.66. The first kappa shape index (κ1) is 20.5. The molecule has 0 fully saturated rings. The molecule has 0 aliphatic carbocycles. The number of methoxy groups -OCH3 is 1. The Kier molecular flexibility index (Phi) is 6.51. The summed E-state index contributed by atoms with van der Waals surface area (Å²) in [6, 6.07) is 11.2. The van der Waals surface area contributed by atoms with Crippen molar-refractivity contribution >= 4 is 49.9 Å². The van der Waals surface area contributed by atoms with Crippen LogP contribution in [-0.4, -0.2) is 33.7 Å².